The van der Waals surface area contributed by atoms with Crippen LogP contribution in [0.2, 0.25) is 0 Å². The first-order chi connectivity index (χ1) is 16.5. The van der Waals surface area contributed by atoms with Gasteiger partial charge in [-0.2, -0.15) is 4.98 Å². The van der Waals surface area contributed by atoms with Gasteiger partial charge in [0.05, 0.1) is 17.9 Å². The van der Waals surface area contributed by atoms with Gasteiger partial charge in [-0.3, -0.25) is 19.4 Å². The third kappa shape index (κ3) is 3.91. The number of aromatic nitrogens is 3. The number of nitrogens with one attached hydrogen (secondary N) is 1. The fourth-order valence-electron chi connectivity index (χ4n) is 5.05. The van der Waals surface area contributed by atoms with Gasteiger partial charge in [0.2, 0.25) is 5.95 Å². The number of phenolic OH excluding ortho intramolecular Hbond substituents is 1. The van der Waals surface area contributed by atoms with Gasteiger partial charge in [-0.15, -0.1) is 0 Å². The van der Waals surface area contributed by atoms with Crippen LogP contribution in [0.3, 0.4) is 0 Å². The summed E-state index contributed by atoms with van der Waals surface area (Å²) in [5.41, 5.74) is 1.69. The molecule has 176 valence electrons. The maximum Gasteiger partial charge on any atom is 0.309 e. The van der Waals surface area contributed by atoms with Crippen molar-refractivity contribution in [3.8, 4) is 5.75 Å². The van der Waals surface area contributed by atoms with Crippen molar-refractivity contribution in [2.75, 3.05) is 24.6 Å². The molecule has 2 aliphatic rings. The van der Waals surface area contributed by atoms with Gasteiger partial charge in [-0.05, 0) is 49.3 Å². The van der Waals surface area contributed by atoms with Gasteiger partial charge in [0.15, 0.2) is 11.4 Å². The predicted molar refractivity (Wildman–Crippen MR) is 125 cm³/mol. The lowest BCUT2D eigenvalue weighted by molar-refractivity contribution is -0.148. The number of pyridine rings is 1. The van der Waals surface area contributed by atoms with Crippen molar-refractivity contribution < 1.29 is 19.4 Å². The van der Waals surface area contributed by atoms with Crippen molar-refractivity contribution in [3.63, 3.8) is 0 Å². The summed E-state index contributed by atoms with van der Waals surface area (Å²) < 4.78 is 5.12. The van der Waals surface area contributed by atoms with E-state index in [1.165, 1.54) is 6.20 Å². The van der Waals surface area contributed by atoms with Crippen molar-refractivity contribution in [3.05, 3.63) is 57.5 Å². The highest BCUT2D eigenvalue weighted by atomic mass is 16.5. The molecule has 5 rings (SSSR count). The molecule has 1 atom stereocenters. The number of rotatable bonds is 4. The molecule has 9 heteroatoms. The van der Waals surface area contributed by atoms with E-state index in [4.69, 9.17) is 4.74 Å². The number of carbonyl (C=O) groups excluding carboxylic acids is 2. The van der Waals surface area contributed by atoms with Crippen LogP contribution >= 0.6 is 0 Å². The maximum atomic E-state index is 13.2. The minimum atomic E-state index is -0.345. The third-order valence-corrected chi connectivity index (χ3v) is 6.80. The van der Waals surface area contributed by atoms with Gasteiger partial charge in [0.1, 0.15) is 5.75 Å². The van der Waals surface area contributed by atoms with E-state index in [2.05, 4.69) is 15.0 Å². The first-order valence-corrected chi connectivity index (χ1v) is 11.6. The summed E-state index contributed by atoms with van der Waals surface area (Å²) in [5.74, 6) is -0.111. The summed E-state index contributed by atoms with van der Waals surface area (Å²) >= 11 is 0. The highest BCUT2D eigenvalue weighted by molar-refractivity contribution is 6.02. The Kier molecular flexibility index (Phi) is 5.77. The van der Waals surface area contributed by atoms with Gasteiger partial charge in [-0.25, -0.2) is 4.98 Å². The Balaban J connectivity index is 1.46. The number of esters is 1. The minimum absolute atomic E-state index is 0.103. The summed E-state index contributed by atoms with van der Waals surface area (Å²) in [6.45, 7) is 3.29. The van der Waals surface area contributed by atoms with Crippen LogP contribution in [0.15, 0.2) is 35.3 Å². The standard InChI is InChI=1S/C25H26N4O5/c1-2-34-24(33)14-7-9-29(10-8-14)25-27-22-21(23(32)28-25)17-11-15(12-20(31)18(17)13-26-22)16-5-3-4-6-19(16)30/h3-6,13-15,30H,2,7-12H2,1H3,(H,26,27,28,32)/t15-/m1/s1. The van der Waals surface area contributed by atoms with Crippen LogP contribution < -0.4 is 10.5 Å². The summed E-state index contributed by atoms with van der Waals surface area (Å²) in [7, 11) is 0. The molecule has 0 amide bonds. The van der Waals surface area contributed by atoms with Crippen molar-refractivity contribution in [2.45, 2.75) is 38.5 Å². The molecular weight excluding hydrogens is 436 g/mol. The molecule has 3 heterocycles. The number of hydrogen-bond acceptors (Lipinski definition) is 8. The second-order valence-electron chi connectivity index (χ2n) is 8.84. The maximum absolute atomic E-state index is 13.2. The van der Waals surface area contributed by atoms with Crippen LogP contribution in [-0.2, 0) is 16.0 Å². The molecule has 34 heavy (non-hydrogen) atoms. The number of Topliss-reactive ketones (excluding diaryl/α,β-unsaturated/α-hetero) is 1. The number of ketones is 1. The SMILES string of the molecule is CCOC(=O)C1CCN(c2nc3ncc4c(c3c(=O)[nH]2)C[C@@H](c2ccccc2O)CC4=O)CC1. The van der Waals surface area contributed by atoms with Gasteiger partial charge < -0.3 is 14.7 Å². The lowest BCUT2D eigenvalue weighted by atomic mass is 9.79. The van der Waals surface area contributed by atoms with Gasteiger partial charge >= 0.3 is 5.97 Å². The van der Waals surface area contributed by atoms with Gasteiger partial charge in [0.25, 0.3) is 5.56 Å². The van der Waals surface area contributed by atoms with E-state index < -0.39 is 0 Å². The number of para-hydroxylation sites is 1. The summed E-state index contributed by atoms with van der Waals surface area (Å²) in [6, 6.07) is 6.97. The number of aromatic amines is 1. The third-order valence-electron chi connectivity index (χ3n) is 6.80. The Bertz CT molecular complexity index is 1330. The summed E-state index contributed by atoms with van der Waals surface area (Å²) in [6.07, 6.45) is 3.43. The number of fused-ring (bicyclic) bond motifs is 3. The zero-order valence-electron chi connectivity index (χ0n) is 18.9. The predicted octanol–water partition coefficient (Wildman–Crippen LogP) is 2.72. The number of piperidine rings is 1. The van der Waals surface area contributed by atoms with E-state index >= 15 is 0 Å². The molecule has 1 aliphatic carbocycles. The highest BCUT2D eigenvalue weighted by Gasteiger charge is 2.32. The largest absolute Gasteiger partial charge is 0.508 e. The molecule has 2 N–H and O–H groups in total. The van der Waals surface area contributed by atoms with E-state index in [1.54, 1.807) is 19.1 Å². The van der Waals surface area contributed by atoms with Crippen LogP contribution in [0, 0.1) is 5.92 Å². The average molecular weight is 463 g/mol. The lowest BCUT2D eigenvalue weighted by Gasteiger charge is -2.31. The highest BCUT2D eigenvalue weighted by Crippen LogP contribution is 2.38. The van der Waals surface area contributed by atoms with E-state index in [9.17, 15) is 19.5 Å². The van der Waals surface area contributed by atoms with Crippen LogP contribution in [0.1, 0.15) is 53.6 Å². The Morgan fingerprint density at radius 2 is 1.97 bits per heavy atom. The number of phenols is 1. The summed E-state index contributed by atoms with van der Waals surface area (Å²) in [5, 5.41) is 10.6. The van der Waals surface area contributed by atoms with Crippen molar-refractivity contribution >= 4 is 28.7 Å². The molecule has 3 aromatic rings. The second-order valence-corrected chi connectivity index (χ2v) is 8.84. The Hall–Kier alpha value is -3.75. The zero-order valence-corrected chi connectivity index (χ0v) is 18.9. The van der Waals surface area contributed by atoms with E-state index in [0.29, 0.717) is 67.0 Å². The number of benzene rings is 1. The molecule has 1 aliphatic heterocycles. The number of H-pyrrole nitrogens is 1. The molecular formula is C25H26N4O5. The molecule has 2 aromatic heterocycles. The minimum Gasteiger partial charge on any atom is -0.508 e. The Morgan fingerprint density at radius 1 is 1.21 bits per heavy atom. The van der Waals surface area contributed by atoms with E-state index in [0.717, 1.165) is 0 Å². The monoisotopic (exact) mass is 462 g/mol. The number of anilines is 1. The average Bonchev–Trinajstić information content (AvgIpc) is 2.84. The number of carbonyl (C=O) groups is 2. The van der Waals surface area contributed by atoms with Gasteiger partial charge in [-0.1, -0.05) is 18.2 Å². The Morgan fingerprint density at radius 3 is 2.71 bits per heavy atom. The smallest absolute Gasteiger partial charge is 0.309 e. The second kappa shape index (κ2) is 8.89. The van der Waals surface area contributed by atoms with E-state index in [1.807, 2.05) is 17.0 Å². The fourth-order valence-corrected chi connectivity index (χ4v) is 5.05. The van der Waals surface area contributed by atoms with Crippen molar-refractivity contribution in [1.29, 1.82) is 0 Å². The van der Waals surface area contributed by atoms with Crippen molar-refractivity contribution in [1.82, 2.24) is 15.0 Å². The fraction of sp³-hybridized carbons (Fsp3) is 0.400. The number of ether oxygens (including phenoxy) is 1. The zero-order chi connectivity index (χ0) is 23.8. The van der Waals surface area contributed by atoms with Crippen LogP contribution in [0.5, 0.6) is 5.75 Å². The van der Waals surface area contributed by atoms with Crippen LogP contribution in [-0.4, -0.2) is 51.5 Å². The molecule has 0 spiro atoms. The molecule has 0 bridgehead atoms. The lowest BCUT2D eigenvalue weighted by Crippen LogP contribution is -2.38. The molecule has 1 saturated heterocycles. The molecule has 0 saturated carbocycles. The number of nitrogens with zero attached hydrogens (tertiary/aromatic N) is 3. The first kappa shape index (κ1) is 22.1. The molecule has 1 aromatic carbocycles. The molecule has 0 radical (unpaired) electrons. The van der Waals surface area contributed by atoms with E-state index in [-0.39, 0.29) is 47.0 Å². The van der Waals surface area contributed by atoms with Crippen molar-refractivity contribution in [2.24, 2.45) is 5.92 Å². The summed E-state index contributed by atoms with van der Waals surface area (Å²) in [4.78, 5) is 51.8. The molecule has 1 fully saturated rings. The normalized spacial score (nSPS) is 18.7. The molecule has 9 nitrogen and oxygen atoms in total. The van der Waals surface area contributed by atoms with Gasteiger partial charge in [0, 0.05) is 31.3 Å². The van der Waals surface area contributed by atoms with Crippen LogP contribution in [0.4, 0.5) is 5.95 Å². The topological polar surface area (TPSA) is 125 Å². The Labute approximate surface area is 195 Å². The molecule has 0 unspecified atom stereocenters. The first-order valence-electron chi connectivity index (χ1n) is 11.6. The van der Waals surface area contributed by atoms with Crippen LogP contribution in [0.25, 0.3) is 11.0 Å². The number of aromatic hydroxyl groups is 1. The number of hydrogen-bond donors (Lipinski definition) is 2. The quantitative estimate of drug-likeness (QED) is 0.567.